The van der Waals surface area contributed by atoms with E-state index in [1.165, 1.54) is 17.0 Å². The van der Waals surface area contributed by atoms with E-state index in [-0.39, 0.29) is 10.5 Å². The maximum absolute atomic E-state index is 12.7. The highest BCUT2D eigenvalue weighted by molar-refractivity contribution is 7.92. The van der Waals surface area contributed by atoms with Crippen LogP contribution in [0.5, 0.6) is 0 Å². The number of nitro groups is 1. The van der Waals surface area contributed by atoms with Gasteiger partial charge < -0.3 is 19.1 Å². The van der Waals surface area contributed by atoms with E-state index in [0.29, 0.717) is 56.2 Å². The lowest BCUT2D eigenvalue weighted by Gasteiger charge is -2.36. The molecule has 0 bridgehead atoms. The molecule has 0 saturated carbocycles. The van der Waals surface area contributed by atoms with Crippen molar-refractivity contribution in [2.45, 2.75) is 13.5 Å². The second kappa shape index (κ2) is 12.5. The van der Waals surface area contributed by atoms with Crippen LogP contribution in [0.1, 0.15) is 6.92 Å². The van der Waals surface area contributed by atoms with E-state index in [4.69, 9.17) is 4.74 Å². The summed E-state index contributed by atoms with van der Waals surface area (Å²) in [7, 11) is -4.06. The minimum absolute atomic E-state index is 0.107. The summed E-state index contributed by atoms with van der Waals surface area (Å²) in [6.45, 7) is 4.87. The minimum atomic E-state index is -4.06. The number of hydrogen-bond acceptors (Lipinski definition) is 9. The van der Waals surface area contributed by atoms with Gasteiger partial charge in [-0.15, -0.1) is 0 Å². The second-order valence-corrected chi connectivity index (χ2v) is 12.0. The summed E-state index contributed by atoms with van der Waals surface area (Å²) < 4.78 is 33.0. The van der Waals surface area contributed by atoms with Gasteiger partial charge in [0.15, 0.2) is 14.6 Å². The largest absolute Gasteiger partial charge is 0.380 e. The van der Waals surface area contributed by atoms with Crippen LogP contribution in [-0.2, 0) is 30.7 Å². The number of amides is 2. The van der Waals surface area contributed by atoms with Gasteiger partial charge in [-0.05, 0) is 25.1 Å². The lowest BCUT2D eigenvalue weighted by atomic mass is 10.2. The van der Waals surface area contributed by atoms with Crippen LogP contribution in [-0.4, -0.2) is 85.5 Å². The first-order valence-corrected chi connectivity index (χ1v) is 15.0. The summed E-state index contributed by atoms with van der Waals surface area (Å²) in [5, 5.41) is 11.2. The SMILES string of the molecule is CCOCCn1c(=NC(=O)CS(=O)(=O)CC(=O)N2CCN(c3ccccc3)CC2)sc2cc([N+](=O)[O-])ccc21. The molecule has 1 aliphatic heterocycles. The monoisotopic (exact) mass is 575 g/mol. The molecule has 4 rings (SSSR count). The Bertz CT molecular complexity index is 1530. The van der Waals surface area contributed by atoms with Gasteiger partial charge in [0.1, 0.15) is 11.5 Å². The molecule has 12 nitrogen and oxygen atoms in total. The molecule has 0 atom stereocenters. The maximum atomic E-state index is 12.7. The highest BCUT2D eigenvalue weighted by Gasteiger charge is 2.27. The quantitative estimate of drug-likeness (QED) is 0.202. The molecule has 0 spiro atoms. The normalized spacial score (nSPS) is 14.6. The van der Waals surface area contributed by atoms with Crippen molar-refractivity contribution in [1.29, 1.82) is 0 Å². The molecule has 0 unspecified atom stereocenters. The average Bonchev–Trinajstić information content (AvgIpc) is 3.24. The van der Waals surface area contributed by atoms with Crippen molar-refractivity contribution in [3.05, 3.63) is 63.4 Å². The van der Waals surface area contributed by atoms with Crippen LogP contribution in [0.2, 0.25) is 0 Å². The molecule has 0 N–H and O–H groups in total. The minimum Gasteiger partial charge on any atom is -0.380 e. The molecule has 39 heavy (non-hydrogen) atoms. The number of ether oxygens (including phenoxy) is 1. The van der Waals surface area contributed by atoms with Gasteiger partial charge in [-0.3, -0.25) is 19.7 Å². The van der Waals surface area contributed by atoms with Gasteiger partial charge in [-0.25, -0.2) is 8.42 Å². The van der Waals surface area contributed by atoms with Crippen LogP contribution in [0, 0.1) is 10.1 Å². The number of carbonyl (C=O) groups excluding carboxylic acids is 2. The van der Waals surface area contributed by atoms with Crippen LogP contribution in [0.4, 0.5) is 11.4 Å². The Labute approximate surface area is 229 Å². The molecular formula is C25H29N5O7S2. The van der Waals surface area contributed by atoms with Gasteiger partial charge >= 0.3 is 0 Å². The fourth-order valence-corrected chi connectivity index (χ4v) is 6.50. The summed E-state index contributed by atoms with van der Waals surface area (Å²) in [5.41, 5.74) is 1.55. The molecule has 2 aromatic carbocycles. The molecule has 14 heteroatoms. The Morgan fingerprint density at radius 1 is 1.08 bits per heavy atom. The van der Waals surface area contributed by atoms with Crippen LogP contribution >= 0.6 is 11.3 Å². The highest BCUT2D eigenvalue weighted by Crippen LogP contribution is 2.23. The first-order valence-electron chi connectivity index (χ1n) is 12.4. The van der Waals surface area contributed by atoms with Crippen molar-refractivity contribution in [2.24, 2.45) is 4.99 Å². The molecule has 2 amide bonds. The fourth-order valence-electron chi connectivity index (χ4n) is 4.29. The number of rotatable bonds is 10. The zero-order valence-corrected chi connectivity index (χ0v) is 23.0. The number of nitrogens with zero attached hydrogens (tertiary/aromatic N) is 5. The van der Waals surface area contributed by atoms with Crippen LogP contribution in [0.3, 0.4) is 0 Å². The molecule has 0 radical (unpaired) electrons. The summed E-state index contributed by atoms with van der Waals surface area (Å²) in [4.78, 5) is 43.9. The zero-order chi connectivity index (χ0) is 28.0. The highest BCUT2D eigenvalue weighted by atomic mass is 32.2. The third kappa shape index (κ3) is 7.28. The molecule has 1 fully saturated rings. The smallest absolute Gasteiger partial charge is 0.270 e. The van der Waals surface area contributed by atoms with Gasteiger partial charge in [0, 0.05) is 57.2 Å². The number of nitro benzene ring substituents is 1. The topological polar surface area (TPSA) is 144 Å². The van der Waals surface area contributed by atoms with Crippen molar-refractivity contribution in [3.63, 3.8) is 0 Å². The number of hydrogen-bond donors (Lipinski definition) is 0. The third-order valence-corrected chi connectivity index (χ3v) is 8.62. The first-order chi connectivity index (χ1) is 18.7. The molecule has 2 heterocycles. The number of thiazole rings is 1. The standard InChI is InChI=1S/C25H29N5O7S2/c1-2-37-15-14-29-21-9-8-20(30(33)34)16-22(21)38-25(29)26-23(31)17-39(35,36)18-24(32)28-12-10-27(11-13-28)19-6-4-3-5-7-19/h3-9,16H,2,10-15,17-18H2,1H3. The van der Waals surface area contributed by atoms with Gasteiger partial charge in [-0.1, -0.05) is 29.5 Å². The average molecular weight is 576 g/mol. The lowest BCUT2D eigenvalue weighted by molar-refractivity contribution is -0.384. The molecule has 3 aromatic rings. The predicted octanol–water partition coefficient (Wildman–Crippen LogP) is 1.84. The van der Waals surface area contributed by atoms with E-state index in [9.17, 15) is 28.1 Å². The molecular weight excluding hydrogens is 546 g/mol. The maximum Gasteiger partial charge on any atom is 0.270 e. The van der Waals surface area contributed by atoms with Crippen LogP contribution in [0.15, 0.2) is 53.5 Å². The number of aromatic nitrogens is 1. The summed E-state index contributed by atoms with van der Waals surface area (Å²) in [6.07, 6.45) is 0. The number of fused-ring (bicyclic) bond motifs is 1. The van der Waals surface area contributed by atoms with Crippen LogP contribution < -0.4 is 9.70 Å². The second-order valence-electron chi connectivity index (χ2n) is 8.88. The van der Waals surface area contributed by atoms with E-state index in [1.807, 2.05) is 37.3 Å². The molecule has 1 aliphatic rings. The Morgan fingerprint density at radius 2 is 1.79 bits per heavy atom. The summed E-state index contributed by atoms with van der Waals surface area (Å²) in [5.74, 6) is -3.15. The number of para-hydroxylation sites is 1. The molecule has 1 saturated heterocycles. The number of carbonyl (C=O) groups is 2. The first kappa shape index (κ1) is 28.4. The summed E-state index contributed by atoms with van der Waals surface area (Å²) >= 11 is 1.04. The lowest BCUT2D eigenvalue weighted by Crippen LogP contribution is -2.50. The van der Waals surface area contributed by atoms with Crippen molar-refractivity contribution in [1.82, 2.24) is 9.47 Å². The third-order valence-electron chi connectivity index (χ3n) is 6.20. The summed E-state index contributed by atoms with van der Waals surface area (Å²) in [6, 6.07) is 14.1. The van der Waals surface area contributed by atoms with Crippen molar-refractivity contribution in [2.75, 3.05) is 55.8 Å². The number of anilines is 1. The Balaban J connectivity index is 1.44. The van der Waals surface area contributed by atoms with Crippen LogP contribution in [0.25, 0.3) is 10.2 Å². The number of sulfone groups is 1. The van der Waals surface area contributed by atoms with Gasteiger partial charge in [-0.2, -0.15) is 4.99 Å². The molecule has 1 aromatic heterocycles. The number of piperazine rings is 1. The van der Waals surface area contributed by atoms with E-state index in [2.05, 4.69) is 9.89 Å². The van der Waals surface area contributed by atoms with Gasteiger partial charge in [0.05, 0.1) is 21.7 Å². The number of benzene rings is 2. The van der Waals surface area contributed by atoms with Crippen molar-refractivity contribution in [3.8, 4) is 0 Å². The van der Waals surface area contributed by atoms with Gasteiger partial charge in [0.2, 0.25) is 5.91 Å². The predicted molar refractivity (Wildman–Crippen MR) is 147 cm³/mol. The van der Waals surface area contributed by atoms with E-state index >= 15 is 0 Å². The Kier molecular flexibility index (Phi) is 9.09. The Morgan fingerprint density at radius 3 is 2.46 bits per heavy atom. The molecule has 208 valence electrons. The zero-order valence-electron chi connectivity index (χ0n) is 21.4. The molecule has 0 aliphatic carbocycles. The van der Waals surface area contributed by atoms with E-state index in [0.717, 1.165) is 17.0 Å². The van der Waals surface area contributed by atoms with Crippen molar-refractivity contribution < 1.29 is 27.7 Å². The Hall–Kier alpha value is -3.62. The van der Waals surface area contributed by atoms with E-state index < -0.39 is 38.1 Å². The van der Waals surface area contributed by atoms with E-state index in [1.54, 1.807) is 10.6 Å². The van der Waals surface area contributed by atoms with Gasteiger partial charge in [0.25, 0.3) is 11.6 Å². The fraction of sp³-hybridized carbons (Fsp3) is 0.400. The van der Waals surface area contributed by atoms with Crippen molar-refractivity contribution >= 4 is 54.6 Å². The number of non-ortho nitro benzene ring substituents is 1.